The second-order valence-corrected chi connectivity index (χ2v) is 7.19. The van der Waals surface area contributed by atoms with Crippen LogP contribution in [-0.2, 0) is 0 Å². The van der Waals surface area contributed by atoms with Gasteiger partial charge in [0.1, 0.15) is 0 Å². The second kappa shape index (κ2) is 8.56. The van der Waals surface area contributed by atoms with Gasteiger partial charge in [-0.1, -0.05) is 6.07 Å². The summed E-state index contributed by atoms with van der Waals surface area (Å²) in [6.45, 7) is 3.94. The third-order valence-corrected chi connectivity index (χ3v) is 4.38. The van der Waals surface area contributed by atoms with Gasteiger partial charge in [0, 0.05) is 43.6 Å². The molecule has 0 aliphatic heterocycles. The number of anilines is 3. The molecule has 0 aliphatic carbocycles. The normalized spacial score (nSPS) is 10.3. The zero-order valence-corrected chi connectivity index (χ0v) is 17.0. The van der Waals surface area contributed by atoms with Gasteiger partial charge < -0.3 is 15.5 Å². The quantitative estimate of drug-likeness (QED) is 0.685. The van der Waals surface area contributed by atoms with Crippen LogP contribution in [0.4, 0.5) is 17.1 Å². The van der Waals surface area contributed by atoms with E-state index in [1.165, 1.54) is 18.5 Å². The molecule has 1 heterocycles. The van der Waals surface area contributed by atoms with Gasteiger partial charge in [0.15, 0.2) is 0 Å². The summed E-state index contributed by atoms with van der Waals surface area (Å²) < 4.78 is 0. The van der Waals surface area contributed by atoms with Crippen molar-refractivity contribution >= 4 is 28.9 Å². The molecule has 0 saturated carbocycles. The van der Waals surface area contributed by atoms with Crippen molar-refractivity contribution < 1.29 is 9.59 Å². The van der Waals surface area contributed by atoms with Crippen LogP contribution in [0.15, 0.2) is 60.9 Å². The van der Waals surface area contributed by atoms with E-state index < -0.39 is 0 Å². The minimum atomic E-state index is -0.323. The van der Waals surface area contributed by atoms with Crippen molar-refractivity contribution in [1.29, 1.82) is 0 Å². The Kier molecular flexibility index (Phi) is 5.93. The van der Waals surface area contributed by atoms with Crippen molar-refractivity contribution in [2.75, 3.05) is 29.6 Å². The summed E-state index contributed by atoms with van der Waals surface area (Å²) in [5, 5.41) is 5.68. The number of carbonyl (C=O) groups excluding carboxylic acids is 2. The Hall–Kier alpha value is -3.67. The van der Waals surface area contributed by atoms with E-state index >= 15 is 0 Å². The molecule has 3 aromatic rings. The standard InChI is InChI=1S/C23H24N4O2/c1-15-9-16(2)11-20(10-15)26-23(29)18-12-17(13-24-14-18)22(28)25-19-5-7-21(8-6-19)27(3)4/h5-14H,1-4H3,(H,25,28)(H,26,29). The van der Waals surface area contributed by atoms with Gasteiger partial charge in [-0.15, -0.1) is 0 Å². The van der Waals surface area contributed by atoms with Gasteiger partial charge in [-0.05, 0) is 67.4 Å². The Labute approximate surface area is 170 Å². The molecule has 148 valence electrons. The first-order valence-electron chi connectivity index (χ1n) is 9.25. The van der Waals surface area contributed by atoms with Gasteiger partial charge >= 0.3 is 0 Å². The Morgan fingerprint density at radius 1 is 0.759 bits per heavy atom. The van der Waals surface area contributed by atoms with E-state index in [9.17, 15) is 9.59 Å². The first kappa shape index (κ1) is 20.1. The maximum absolute atomic E-state index is 12.6. The minimum absolute atomic E-state index is 0.313. The predicted octanol–water partition coefficient (Wildman–Crippen LogP) is 4.27. The highest BCUT2D eigenvalue weighted by Gasteiger charge is 2.12. The number of rotatable bonds is 5. The number of hydrogen-bond donors (Lipinski definition) is 2. The molecule has 3 rings (SSSR count). The number of benzene rings is 2. The molecule has 6 nitrogen and oxygen atoms in total. The molecular weight excluding hydrogens is 364 g/mol. The average molecular weight is 388 g/mol. The van der Waals surface area contributed by atoms with Crippen LogP contribution < -0.4 is 15.5 Å². The lowest BCUT2D eigenvalue weighted by Gasteiger charge is -2.13. The largest absolute Gasteiger partial charge is 0.378 e. The van der Waals surface area contributed by atoms with Crippen molar-refractivity contribution in [3.63, 3.8) is 0 Å². The summed E-state index contributed by atoms with van der Waals surface area (Å²) in [4.78, 5) is 31.2. The number of aromatic nitrogens is 1. The molecule has 0 fully saturated rings. The average Bonchev–Trinajstić information content (AvgIpc) is 2.67. The highest BCUT2D eigenvalue weighted by molar-refractivity contribution is 6.08. The van der Waals surface area contributed by atoms with Crippen LogP contribution in [0, 0.1) is 13.8 Å². The number of amides is 2. The molecule has 2 N–H and O–H groups in total. The van der Waals surface area contributed by atoms with Crippen LogP contribution in [-0.4, -0.2) is 30.9 Å². The molecule has 1 aromatic heterocycles. The molecule has 0 atom stereocenters. The van der Waals surface area contributed by atoms with Crippen LogP contribution in [0.25, 0.3) is 0 Å². The highest BCUT2D eigenvalue weighted by atomic mass is 16.2. The summed E-state index contributed by atoms with van der Waals surface area (Å²) >= 11 is 0. The molecule has 0 unspecified atom stereocenters. The molecule has 0 radical (unpaired) electrons. The number of hydrogen-bond acceptors (Lipinski definition) is 4. The van der Waals surface area contributed by atoms with Crippen molar-refractivity contribution in [3.05, 3.63) is 83.2 Å². The Morgan fingerprint density at radius 3 is 1.79 bits per heavy atom. The predicted molar refractivity (Wildman–Crippen MR) is 117 cm³/mol. The topological polar surface area (TPSA) is 74.3 Å². The molecule has 0 spiro atoms. The fourth-order valence-electron chi connectivity index (χ4n) is 2.98. The summed E-state index contributed by atoms with van der Waals surface area (Å²) in [5.41, 5.74) is 5.18. The molecular formula is C23H24N4O2. The van der Waals surface area contributed by atoms with E-state index in [0.717, 1.165) is 16.8 Å². The SMILES string of the molecule is Cc1cc(C)cc(NC(=O)c2cncc(C(=O)Nc3ccc(N(C)C)cc3)c2)c1. The summed E-state index contributed by atoms with van der Waals surface area (Å²) in [6.07, 6.45) is 2.89. The highest BCUT2D eigenvalue weighted by Crippen LogP contribution is 2.18. The third kappa shape index (κ3) is 5.19. The fraction of sp³-hybridized carbons (Fsp3) is 0.174. The van der Waals surface area contributed by atoms with Crippen molar-refractivity contribution in [2.24, 2.45) is 0 Å². The van der Waals surface area contributed by atoms with E-state index in [-0.39, 0.29) is 11.8 Å². The summed E-state index contributed by atoms with van der Waals surface area (Å²) in [6, 6.07) is 14.9. The van der Waals surface area contributed by atoms with Crippen molar-refractivity contribution in [1.82, 2.24) is 4.98 Å². The minimum Gasteiger partial charge on any atom is -0.378 e. The molecule has 0 bridgehead atoms. The van der Waals surface area contributed by atoms with Crippen molar-refractivity contribution in [3.8, 4) is 0 Å². The van der Waals surface area contributed by atoms with Gasteiger partial charge in [0.2, 0.25) is 0 Å². The zero-order valence-electron chi connectivity index (χ0n) is 17.0. The number of carbonyl (C=O) groups is 2. The zero-order chi connectivity index (χ0) is 21.0. The smallest absolute Gasteiger partial charge is 0.257 e. The first-order chi connectivity index (χ1) is 13.8. The monoisotopic (exact) mass is 388 g/mol. The summed E-state index contributed by atoms with van der Waals surface area (Å²) in [5.74, 6) is -0.636. The molecule has 0 aliphatic rings. The van der Waals surface area contributed by atoms with E-state index in [2.05, 4.69) is 15.6 Å². The molecule has 2 amide bonds. The number of nitrogens with one attached hydrogen (secondary N) is 2. The van der Waals surface area contributed by atoms with Crippen molar-refractivity contribution in [2.45, 2.75) is 13.8 Å². The van der Waals surface area contributed by atoms with E-state index in [1.807, 2.05) is 75.3 Å². The number of nitrogens with zero attached hydrogens (tertiary/aromatic N) is 2. The maximum atomic E-state index is 12.6. The number of pyridine rings is 1. The van der Waals surface area contributed by atoms with Gasteiger partial charge in [0.25, 0.3) is 11.8 Å². The van der Waals surface area contributed by atoms with E-state index in [0.29, 0.717) is 22.5 Å². The van der Waals surface area contributed by atoms with E-state index in [4.69, 9.17) is 0 Å². The van der Waals surface area contributed by atoms with Crippen LogP contribution >= 0.6 is 0 Å². The molecule has 0 saturated heterocycles. The third-order valence-electron chi connectivity index (χ3n) is 4.38. The lowest BCUT2D eigenvalue weighted by atomic mass is 10.1. The lowest BCUT2D eigenvalue weighted by molar-refractivity contribution is 0.102. The van der Waals surface area contributed by atoms with Crippen LogP contribution in [0.1, 0.15) is 31.8 Å². The van der Waals surface area contributed by atoms with Gasteiger partial charge in [-0.3, -0.25) is 14.6 Å². The fourth-order valence-corrected chi connectivity index (χ4v) is 2.98. The van der Waals surface area contributed by atoms with Gasteiger partial charge in [-0.2, -0.15) is 0 Å². The van der Waals surface area contributed by atoms with Crippen LogP contribution in [0.2, 0.25) is 0 Å². The molecule has 2 aromatic carbocycles. The Bertz CT molecular complexity index is 1020. The maximum Gasteiger partial charge on any atom is 0.257 e. The molecule has 29 heavy (non-hydrogen) atoms. The van der Waals surface area contributed by atoms with E-state index in [1.54, 1.807) is 0 Å². The summed E-state index contributed by atoms with van der Waals surface area (Å²) in [7, 11) is 3.90. The number of aryl methyl sites for hydroxylation is 2. The lowest BCUT2D eigenvalue weighted by Crippen LogP contribution is -2.16. The Morgan fingerprint density at radius 2 is 1.28 bits per heavy atom. The first-order valence-corrected chi connectivity index (χ1v) is 9.25. The van der Waals surface area contributed by atoms with Crippen LogP contribution in [0.3, 0.4) is 0 Å². The van der Waals surface area contributed by atoms with Gasteiger partial charge in [-0.25, -0.2) is 0 Å². The van der Waals surface area contributed by atoms with Crippen LogP contribution in [0.5, 0.6) is 0 Å². The molecule has 6 heteroatoms. The second-order valence-electron chi connectivity index (χ2n) is 7.19. The van der Waals surface area contributed by atoms with Gasteiger partial charge in [0.05, 0.1) is 11.1 Å². The Balaban J connectivity index is 1.72.